The predicted octanol–water partition coefficient (Wildman–Crippen LogP) is 2.77. The zero-order valence-electron chi connectivity index (χ0n) is 9.86. The van der Waals surface area contributed by atoms with E-state index in [2.05, 4.69) is 5.32 Å². The zero-order valence-corrected chi connectivity index (χ0v) is 10.6. The van der Waals surface area contributed by atoms with E-state index >= 15 is 0 Å². The Morgan fingerprint density at radius 2 is 2.05 bits per heavy atom. The minimum Gasteiger partial charge on any atom is -0.478 e. The van der Waals surface area contributed by atoms with Crippen LogP contribution in [0, 0.1) is 0 Å². The minimum atomic E-state index is -2.65. The summed E-state index contributed by atoms with van der Waals surface area (Å²) in [5.41, 5.74) is 0.00956. The van der Waals surface area contributed by atoms with Crippen molar-refractivity contribution >= 4 is 29.3 Å². The third-order valence-electron chi connectivity index (χ3n) is 2.15. The van der Waals surface area contributed by atoms with Crippen LogP contribution in [0.3, 0.4) is 0 Å². The van der Waals surface area contributed by atoms with E-state index in [1.54, 1.807) is 0 Å². The molecular weight excluding hydrogens is 282 g/mol. The first-order chi connectivity index (χ1) is 8.79. The summed E-state index contributed by atoms with van der Waals surface area (Å²) in [4.78, 5) is 23.1. The van der Waals surface area contributed by atoms with Gasteiger partial charge in [-0.05, 0) is 18.2 Å². The molecule has 5 nitrogen and oxygen atoms in total. The average Bonchev–Trinajstić information content (AvgIpc) is 2.26. The molecular formula is C11H11ClF2N2O3. The number of hydrogen-bond acceptors (Lipinski definition) is 2. The highest BCUT2D eigenvalue weighted by Gasteiger charge is 2.15. The molecule has 0 saturated heterocycles. The standard InChI is InChI=1S/C11H11ClF2N2O3/c1-16(5-9(13)14)11(19)15-8-3-6(10(17)18)2-7(12)4-8/h2-4,9H,5H2,1H3,(H,15,19)(H,17,18). The lowest BCUT2D eigenvalue weighted by atomic mass is 10.2. The number of hydrogen-bond donors (Lipinski definition) is 2. The fourth-order valence-electron chi connectivity index (χ4n) is 1.29. The van der Waals surface area contributed by atoms with Gasteiger partial charge < -0.3 is 15.3 Å². The van der Waals surface area contributed by atoms with Crippen LogP contribution in [-0.2, 0) is 0 Å². The number of halogens is 3. The fourth-order valence-corrected chi connectivity index (χ4v) is 1.53. The maximum absolute atomic E-state index is 12.1. The molecule has 0 fully saturated rings. The summed E-state index contributed by atoms with van der Waals surface area (Å²) in [6.45, 7) is -0.724. The lowest BCUT2D eigenvalue weighted by molar-refractivity contribution is 0.0697. The molecule has 2 N–H and O–H groups in total. The van der Waals surface area contributed by atoms with Crippen LogP contribution < -0.4 is 5.32 Å². The van der Waals surface area contributed by atoms with Crippen LogP contribution in [0.1, 0.15) is 10.4 Å². The maximum atomic E-state index is 12.1. The monoisotopic (exact) mass is 292 g/mol. The minimum absolute atomic E-state index is 0.112. The number of urea groups is 1. The molecule has 0 saturated carbocycles. The Bertz CT molecular complexity index is 497. The molecule has 1 aromatic rings. The third-order valence-corrected chi connectivity index (χ3v) is 2.37. The molecule has 0 aliphatic rings. The second kappa shape index (κ2) is 6.33. The van der Waals surface area contributed by atoms with Gasteiger partial charge in [-0.15, -0.1) is 0 Å². The zero-order chi connectivity index (χ0) is 14.6. The second-order valence-corrected chi connectivity index (χ2v) is 4.17. The summed E-state index contributed by atoms with van der Waals surface area (Å²) in [6.07, 6.45) is -2.65. The summed E-state index contributed by atoms with van der Waals surface area (Å²) in [5.74, 6) is -1.21. The van der Waals surface area contributed by atoms with E-state index in [-0.39, 0.29) is 16.3 Å². The number of carboxylic acid groups (broad SMARTS) is 1. The van der Waals surface area contributed by atoms with Crippen LogP contribution >= 0.6 is 11.6 Å². The summed E-state index contributed by atoms with van der Waals surface area (Å²) in [6, 6.07) is 2.94. The first-order valence-corrected chi connectivity index (χ1v) is 5.51. The van der Waals surface area contributed by atoms with Crippen molar-refractivity contribution in [3.63, 3.8) is 0 Å². The molecule has 0 bridgehead atoms. The molecule has 0 aliphatic heterocycles. The predicted molar refractivity (Wildman–Crippen MR) is 66.1 cm³/mol. The molecule has 0 unspecified atom stereocenters. The summed E-state index contributed by atoms with van der Waals surface area (Å²) in [7, 11) is 1.20. The van der Waals surface area contributed by atoms with Crippen molar-refractivity contribution in [2.75, 3.05) is 18.9 Å². The Kier molecular flexibility index (Phi) is 5.05. The van der Waals surface area contributed by atoms with Crippen molar-refractivity contribution in [3.05, 3.63) is 28.8 Å². The molecule has 0 aliphatic carbocycles. The number of amides is 2. The molecule has 0 heterocycles. The van der Waals surface area contributed by atoms with Gasteiger partial charge in [-0.2, -0.15) is 0 Å². The highest BCUT2D eigenvalue weighted by molar-refractivity contribution is 6.31. The van der Waals surface area contributed by atoms with Gasteiger partial charge in [0.2, 0.25) is 0 Å². The average molecular weight is 293 g/mol. The van der Waals surface area contributed by atoms with Gasteiger partial charge in [0.25, 0.3) is 6.43 Å². The fraction of sp³-hybridized carbons (Fsp3) is 0.273. The van der Waals surface area contributed by atoms with Crippen LogP contribution in [-0.4, -0.2) is 42.0 Å². The number of nitrogens with one attached hydrogen (secondary N) is 1. The highest BCUT2D eigenvalue weighted by Crippen LogP contribution is 2.19. The van der Waals surface area contributed by atoms with Gasteiger partial charge in [0.05, 0.1) is 12.1 Å². The third kappa shape index (κ3) is 4.70. The van der Waals surface area contributed by atoms with E-state index in [4.69, 9.17) is 16.7 Å². The van der Waals surface area contributed by atoms with Gasteiger partial charge in [-0.3, -0.25) is 0 Å². The number of carbonyl (C=O) groups excluding carboxylic acids is 1. The van der Waals surface area contributed by atoms with Crippen LogP contribution in [0.4, 0.5) is 19.3 Å². The molecule has 0 atom stereocenters. The normalized spacial score (nSPS) is 10.4. The smallest absolute Gasteiger partial charge is 0.335 e. The number of carbonyl (C=O) groups is 2. The van der Waals surface area contributed by atoms with Crippen molar-refractivity contribution in [1.29, 1.82) is 0 Å². The molecule has 0 radical (unpaired) electrons. The lowest BCUT2D eigenvalue weighted by Crippen LogP contribution is -2.34. The van der Waals surface area contributed by atoms with Gasteiger partial charge in [-0.1, -0.05) is 11.6 Å². The van der Waals surface area contributed by atoms with E-state index in [0.29, 0.717) is 0 Å². The SMILES string of the molecule is CN(CC(F)F)C(=O)Nc1cc(Cl)cc(C(=O)O)c1. The molecule has 1 rings (SSSR count). The summed E-state index contributed by atoms with van der Waals surface area (Å²) >= 11 is 5.69. The van der Waals surface area contributed by atoms with Gasteiger partial charge in [-0.25, -0.2) is 18.4 Å². The number of rotatable bonds is 4. The van der Waals surface area contributed by atoms with E-state index in [9.17, 15) is 18.4 Å². The van der Waals surface area contributed by atoms with Crippen LogP contribution in [0.2, 0.25) is 5.02 Å². The molecule has 0 aromatic heterocycles. The Morgan fingerprint density at radius 1 is 1.42 bits per heavy atom. The lowest BCUT2D eigenvalue weighted by Gasteiger charge is -2.17. The Morgan fingerprint density at radius 3 is 2.58 bits per heavy atom. The Balaban J connectivity index is 2.82. The van der Waals surface area contributed by atoms with Gasteiger partial charge in [0, 0.05) is 17.8 Å². The molecule has 2 amide bonds. The maximum Gasteiger partial charge on any atom is 0.335 e. The van der Waals surface area contributed by atoms with Crippen molar-refractivity contribution in [1.82, 2.24) is 4.90 Å². The summed E-state index contributed by atoms with van der Waals surface area (Å²) < 4.78 is 24.2. The number of anilines is 1. The molecule has 19 heavy (non-hydrogen) atoms. The molecule has 104 valence electrons. The second-order valence-electron chi connectivity index (χ2n) is 3.74. The van der Waals surface area contributed by atoms with Crippen molar-refractivity contribution in [2.24, 2.45) is 0 Å². The van der Waals surface area contributed by atoms with Crippen molar-refractivity contribution < 1.29 is 23.5 Å². The van der Waals surface area contributed by atoms with Crippen molar-refractivity contribution in [2.45, 2.75) is 6.43 Å². The quantitative estimate of drug-likeness (QED) is 0.896. The first-order valence-electron chi connectivity index (χ1n) is 5.13. The number of carboxylic acids is 1. The number of benzene rings is 1. The highest BCUT2D eigenvalue weighted by atomic mass is 35.5. The molecule has 8 heteroatoms. The van der Waals surface area contributed by atoms with E-state index in [1.807, 2.05) is 0 Å². The number of nitrogens with zero attached hydrogens (tertiary/aromatic N) is 1. The topological polar surface area (TPSA) is 69.6 Å². The molecule has 0 spiro atoms. The van der Waals surface area contributed by atoms with Gasteiger partial charge >= 0.3 is 12.0 Å². The number of alkyl halides is 2. The largest absolute Gasteiger partial charge is 0.478 e. The Labute approximate surface area is 112 Å². The Hall–Kier alpha value is -1.89. The van der Waals surface area contributed by atoms with E-state index in [0.717, 1.165) is 4.90 Å². The summed E-state index contributed by atoms with van der Waals surface area (Å²) in [5, 5.41) is 11.2. The van der Waals surface area contributed by atoms with Gasteiger partial charge in [0.15, 0.2) is 0 Å². The van der Waals surface area contributed by atoms with E-state index < -0.39 is 25.0 Å². The van der Waals surface area contributed by atoms with Crippen LogP contribution in [0.15, 0.2) is 18.2 Å². The van der Waals surface area contributed by atoms with Crippen LogP contribution in [0.25, 0.3) is 0 Å². The van der Waals surface area contributed by atoms with Gasteiger partial charge in [0.1, 0.15) is 0 Å². The van der Waals surface area contributed by atoms with E-state index in [1.165, 1.54) is 25.2 Å². The van der Waals surface area contributed by atoms with Crippen molar-refractivity contribution in [3.8, 4) is 0 Å². The van der Waals surface area contributed by atoms with Crippen LogP contribution in [0.5, 0.6) is 0 Å². The number of aromatic carboxylic acids is 1. The first kappa shape index (κ1) is 15.2. The molecule has 1 aromatic carbocycles.